The number of fused-ring (bicyclic) bond motifs is 1. The van der Waals surface area contributed by atoms with Gasteiger partial charge in [-0.05, 0) is 18.5 Å². The SMILES string of the molecule is CCOC(=O)c1nc(Cl)nc2c1COC2. The highest BCUT2D eigenvalue weighted by Crippen LogP contribution is 2.22. The van der Waals surface area contributed by atoms with E-state index in [1.807, 2.05) is 0 Å². The number of carbonyl (C=O) groups is 1. The van der Waals surface area contributed by atoms with Gasteiger partial charge in [0.25, 0.3) is 0 Å². The number of carbonyl (C=O) groups excluding carboxylic acids is 1. The lowest BCUT2D eigenvalue weighted by molar-refractivity contribution is 0.0515. The Morgan fingerprint density at radius 2 is 2.33 bits per heavy atom. The summed E-state index contributed by atoms with van der Waals surface area (Å²) >= 11 is 5.69. The van der Waals surface area contributed by atoms with Crippen molar-refractivity contribution in [2.45, 2.75) is 20.1 Å². The zero-order valence-corrected chi connectivity index (χ0v) is 8.87. The van der Waals surface area contributed by atoms with E-state index in [1.54, 1.807) is 6.92 Å². The Bertz CT molecular complexity index is 409. The van der Waals surface area contributed by atoms with Crippen LogP contribution in [0.25, 0.3) is 0 Å². The first-order valence-electron chi connectivity index (χ1n) is 4.52. The normalized spacial score (nSPS) is 13.7. The molecule has 0 aliphatic carbocycles. The molecule has 5 nitrogen and oxygen atoms in total. The van der Waals surface area contributed by atoms with Crippen LogP contribution in [0.5, 0.6) is 0 Å². The smallest absolute Gasteiger partial charge is 0.357 e. The predicted molar refractivity (Wildman–Crippen MR) is 51.5 cm³/mol. The molecule has 0 unspecified atom stereocenters. The molecule has 0 aromatic carbocycles. The summed E-state index contributed by atoms with van der Waals surface area (Å²) in [5.41, 5.74) is 1.56. The monoisotopic (exact) mass is 228 g/mol. The van der Waals surface area contributed by atoms with Crippen molar-refractivity contribution >= 4 is 17.6 Å². The predicted octanol–water partition coefficient (Wildman–Crippen LogP) is 1.34. The van der Waals surface area contributed by atoms with Crippen LogP contribution in [0.3, 0.4) is 0 Å². The molecule has 1 aromatic heterocycles. The van der Waals surface area contributed by atoms with Crippen LogP contribution in [0.4, 0.5) is 0 Å². The summed E-state index contributed by atoms with van der Waals surface area (Å²) < 4.78 is 10.0. The van der Waals surface area contributed by atoms with Crippen molar-refractivity contribution in [1.82, 2.24) is 9.97 Å². The fourth-order valence-electron chi connectivity index (χ4n) is 1.39. The van der Waals surface area contributed by atoms with Crippen molar-refractivity contribution in [3.8, 4) is 0 Å². The first-order valence-corrected chi connectivity index (χ1v) is 4.90. The van der Waals surface area contributed by atoms with E-state index in [0.29, 0.717) is 31.1 Å². The molecular formula is C9H9ClN2O3. The number of aromatic nitrogens is 2. The van der Waals surface area contributed by atoms with E-state index in [-0.39, 0.29) is 11.0 Å². The molecule has 0 saturated carbocycles. The molecule has 6 heteroatoms. The van der Waals surface area contributed by atoms with Gasteiger partial charge in [0.05, 0.1) is 25.5 Å². The Balaban J connectivity index is 2.42. The second-order valence-corrected chi connectivity index (χ2v) is 3.32. The third-order valence-corrected chi connectivity index (χ3v) is 2.19. The molecule has 0 N–H and O–H groups in total. The van der Waals surface area contributed by atoms with Gasteiger partial charge in [-0.25, -0.2) is 14.8 Å². The second-order valence-electron chi connectivity index (χ2n) is 2.98. The molecule has 80 valence electrons. The molecule has 2 rings (SSSR count). The first-order chi connectivity index (χ1) is 7.22. The van der Waals surface area contributed by atoms with Crippen LogP contribution in [-0.2, 0) is 22.7 Å². The number of nitrogens with zero attached hydrogens (tertiary/aromatic N) is 2. The summed E-state index contributed by atoms with van der Waals surface area (Å²) in [6.07, 6.45) is 0. The molecule has 0 bridgehead atoms. The van der Waals surface area contributed by atoms with Crippen molar-refractivity contribution in [2.75, 3.05) is 6.61 Å². The third-order valence-electron chi connectivity index (χ3n) is 2.02. The van der Waals surface area contributed by atoms with Crippen molar-refractivity contribution in [3.05, 3.63) is 22.2 Å². The van der Waals surface area contributed by atoms with E-state index < -0.39 is 5.97 Å². The molecule has 15 heavy (non-hydrogen) atoms. The standard InChI is InChI=1S/C9H9ClN2O3/c1-2-15-8(13)7-5-3-14-4-6(5)11-9(10)12-7/h2-4H2,1H3. The van der Waals surface area contributed by atoms with Crippen LogP contribution >= 0.6 is 11.6 Å². The maximum absolute atomic E-state index is 11.5. The summed E-state index contributed by atoms with van der Waals surface area (Å²) in [5, 5.41) is 0.0438. The molecule has 0 spiro atoms. The first kappa shape index (κ1) is 10.3. The summed E-state index contributed by atoms with van der Waals surface area (Å²) in [4.78, 5) is 19.4. The van der Waals surface area contributed by atoms with Crippen LogP contribution in [0.2, 0.25) is 5.28 Å². The third kappa shape index (κ3) is 1.93. The van der Waals surface area contributed by atoms with E-state index in [4.69, 9.17) is 21.1 Å². The molecule has 0 fully saturated rings. The van der Waals surface area contributed by atoms with Crippen molar-refractivity contribution in [2.24, 2.45) is 0 Å². The number of ether oxygens (including phenoxy) is 2. The Hall–Kier alpha value is -1.20. The van der Waals surface area contributed by atoms with E-state index >= 15 is 0 Å². The maximum atomic E-state index is 11.5. The van der Waals surface area contributed by atoms with Crippen molar-refractivity contribution in [1.29, 1.82) is 0 Å². The van der Waals surface area contributed by atoms with Gasteiger partial charge in [-0.1, -0.05) is 0 Å². The fraction of sp³-hybridized carbons (Fsp3) is 0.444. The highest BCUT2D eigenvalue weighted by molar-refractivity contribution is 6.28. The Morgan fingerprint density at radius 3 is 3.07 bits per heavy atom. The average Bonchev–Trinajstić information content (AvgIpc) is 2.64. The molecule has 2 heterocycles. The topological polar surface area (TPSA) is 61.3 Å². The van der Waals surface area contributed by atoms with Gasteiger partial charge in [-0.2, -0.15) is 0 Å². The van der Waals surface area contributed by atoms with Crippen LogP contribution < -0.4 is 0 Å². The van der Waals surface area contributed by atoms with Crippen molar-refractivity contribution < 1.29 is 14.3 Å². The Morgan fingerprint density at radius 1 is 1.53 bits per heavy atom. The summed E-state index contributed by atoms with van der Waals surface area (Å²) in [6, 6.07) is 0. The molecule has 0 saturated heterocycles. The molecule has 0 atom stereocenters. The summed E-state index contributed by atoms with van der Waals surface area (Å²) in [7, 11) is 0. The van der Waals surface area contributed by atoms with Crippen LogP contribution in [0.1, 0.15) is 28.7 Å². The minimum absolute atomic E-state index is 0.0438. The number of halogens is 1. The molecule has 1 aromatic rings. The van der Waals surface area contributed by atoms with Crippen molar-refractivity contribution in [3.63, 3.8) is 0 Å². The Labute approximate surface area is 91.4 Å². The summed E-state index contributed by atoms with van der Waals surface area (Å²) in [6.45, 7) is 2.73. The van der Waals surface area contributed by atoms with Gasteiger partial charge in [0.1, 0.15) is 0 Å². The molecule has 1 aliphatic heterocycles. The van der Waals surface area contributed by atoms with Crippen LogP contribution in [-0.4, -0.2) is 22.5 Å². The van der Waals surface area contributed by atoms with Gasteiger partial charge in [-0.3, -0.25) is 0 Å². The lowest BCUT2D eigenvalue weighted by Crippen LogP contribution is -2.12. The van der Waals surface area contributed by atoms with Gasteiger partial charge in [-0.15, -0.1) is 0 Å². The number of rotatable bonds is 2. The lowest BCUT2D eigenvalue weighted by atomic mass is 10.2. The van der Waals surface area contributed by atoms with E-state index in [0.717, 1.165) is 0 Å². The lowest BCUT2D eigenvalue weighted by Gasteiger charge is -2.05. The van der Waals surface area contributed by atoms with Crippen LogP contribution in [0.15, 0.2) is 0 Å². The van der Waals surface area contributed by atoms with Gasteiger partial charge >= 0.3 is 5.97 Å². The summed E-state index contributed by atoms with van der Waals surface area (Å²) in [5.74, 6) is -0.483. The molecular weight excluding hydrogens is 220 g/mol. The van der Waals surface area contributed by atoms with E-state index in [9.17, 15) is 4.79 Å². The van der Waals surface area contributed by atoms with Gasteiger partial charge in [0, 0.05) is 5.56 Å². The fourth-order valence-corrected chi connectivity index (χ4v) is 1.58. The van der Waals surface area contributed by atoms with E-state index in [1.165, 1.54) is 0 Å². The maximum Gasteiger partial charge on any atom is 0.357 e. The minimum atomic E-state index is -0.483. The highest BCUT2D eigenvalue weighted by atomic mass is 35.5. The number of hydrogen-bond acceptors (Lipinski definition) is 5. The highest BCUT2D eigenvalue weighted by Gasteiger charge is 2.24. The quantitative estimate of drug-likeness (QED) is 0.565. The van der Waals surface area contributed by atoms with Gasteiger partial charge in [0.2, 0.25) is 5.28 Å². The minimum Gasteiger partial charge on any atom is -0.461 e. The van der Waals surface area contributed by atoms with E-state index in [2.05, 4.69) is 9.97 Å². The number of esters is 1. The van der Waals surface area contributed by atoms with Gasteiger partial charge in [0.15, 0.2) is 5.69 Å². The zero-order valence-electron chi connectivity index (χ0n) is 8.12. The second kappa shape index (κ2) is 4.12. The largest absolute Gasteiger partial charge is 0.461 e. The van der Waals surface area contributed by atoms with Gasteiger partial charge < -0.3 is 9.47 Å². The molecule has 0 amide bonds. The molecule has 1 aliphatic rings. The Kier molecular flexibility index (Phi) is 2.83. The zero-order chi connectivity index (χ0) is 10.8. The van der Waals surface area contributed by atoms with Crippen LogP contribution in [0, 0.1) is 0 Å². The molecule has 0 radical (unpaired) electrons. The number of hydrogen-bond donors (Lipinski definition) is 0. The average molecular weight is 229 g/mol.